The lowest BCUT2D eigenvalue weighted by atomic mass is 9.96. The largest absolute Gasteiger partial charge is 0.417 e. The van der Waals surface area contributed by atoms with Crippen LogP contribution in [0.25, 0.3) is 5.65 Å². The van der Waals surface area contributed by atoms with Crippen molar-refractivity contribution in [2.75, 3.05) is 13.1 Å². The van der Waals surface area contributed by atoms with Crippen molar-refractivity contribution in [1.29, 1.82) is 0 Å². The molecule has 2 aromatic heterocycles. The number of pyridine rings is 1. The summed E-state index contributed by atoms with van der Waals surface area (Å²) in [7, 11) is 0. The molecule has 1 unspecified atom stereocenters. The van der Waals surface area contributed by atoms with Gasteiger partial charge in [0.25, 0.3) is 5.91 Å². The number of fused-ring (bicyclic) bond motifs is 1. The maximum Gasteiger partial charge on any atom is 0.417 e. The van der Waals surface area contributed by atoms with Gasteiger partial charge in [-0.3, -0.25) is 9.20 Å². The van der Waals surface area contributed by atoms with Gasteiger partial charge in [0.15, 0.2) is 5.65 Å². The van der Waals surface area contributed by atoms with Crippen molar-refractivity contribution in [3.8, 4) is 0 Å². The quantitative estimate of drug-likeness (QED) is 0.537. The van der Waals surface area contributed by atoms with Gasteiger partial charge in [-0.25, -0.2) is 0 Å². The fourth-order valence-corrected chi connectivity index (χ4v) is 3.74. The highest BCUT2D eigenvalue weighted by atomic mass is 19.4. The van der Waals surface area contributed by atoms with Crippen LogP contribution in [-0.4, -0.2) is 38.5 Å². The van der Waals surface area contributed by atoms with Gasteiger partial charge in [0.2, 0.25) is 0 Å². The number of likely N-dealkylation sites (tertiary alicyclic amines) is 1. The first-order valence-electron chi connectivity index (χ1n) is 9.42. The highest BCUT2D eigenvalue weighted by Crippen LogP contribution is 2.33. The third kappa shape index (κ3) is 4.21. The van der Waals surface area contributed by atoms with E-state index in [1.165, 1.54) is 27.5 Å². The van der Waals surface area contributed by atoms with E-state index in [-0.39, 0.29) is 23.6 Å². The molecular formula is C20H16F6N4O. The number of benzene rings is 1. The van der Waals surface area contributed by atoms with Gasteiger partial charge in [0, 0.05) is 30.8 Å². The fourth-order valence-electron chi connectivity index (χ4n) is 3.74. The number of piperidine rings is 1. The van der Waals surface area contributed by atoms with Crippen molar-refractivity contribution in [3.05, 3.63) is 65.1 Å². The molecule has 3 aromatic rings. The van der Waals surface area contributed by atoms with Gasteiger partial charge in [0.05, 0.1) is 11.1 Å². The number of carbonyl (C=O) groups excluding carboxylic acids is 1. The Bertz CT molecular complexity index is 1120. The van der Waals surface area contributed by atoms with Gasteiger partial charge in [-0.1, -0.05) is 6.07 Å². The number of nitrogens with zero attached hydrogens (tertiary/aromatic N) is 4. The van der Waals surface area contributed by atoms with Crippen LogP contribution in [0.1, 0.15) is 46.1 Å². The lowest BCUT2D eigenvalue weighted by Gasteiger charge is -2.32. The molecule has 0 aliphatic carbocycles. The Morgan fingerprint density at radius 3 is 2.42 bits per heavy atom. The number of rotatable bonds is 2. The van der Waals surface area contributed by atoms with E-state index in [0.29, 0.717) is 19.4 Å². The molecule has 1 aromatic carbocycles. The van der Waals surface area contributed by atoms with Crippen molar-refractivity contribution in [1.82, 2.24) is 19.5 Å². The van der Waals surface area contributed by atoms with Crippen LogP contribution in [-0.2, 0) is 12.4 Å². The van der Waals surface area contributed by atoms with Gasteiger partial charge < -0.3 is 4.90 Å². The second kappa shape index (κ2) is 7.54. The lowest BCUT2D eigenvalue weighted by molar-refractivity contribution is -0.138. The summed E-state index contributed by atoms with van der Waals surface area (Å²) in [6.45, 7) is 0.447. The van der Waals surface area contributed by atoms with Gasteiger partial charge in [-0.15, -0.1) is 10.2 Å². The van der Waals surface area contributed by atoms with Crippen LogP contribution < -0.4 is 0 Å². The number of hydrogen-bond donors (Lipinski definition) is 0. The molecule has 3 heterocycles. The zero-order valence-corrected chi connectivity index (χ0v) is 15.9. The van der Waals surface area contributed by atoms with Crippen molar-refractivity contribution in [2.24, 2.45) is 0 Å². The highest BCUT2D eigenvalue weighted by Gasteiger charge is 2.34. The van der Waals surface area contributed by atoms with E-state index >= 15 is 0 Å². The van der Waals surface area contributed by atoms with Gasteiger partial charge >= 0.3 is 12.4 Å². The Morgan fingerprint density at radius 2 is 1.71 bits per heavy atom. The molecule has 0 saturated carbocycles. The predicted molar refractivity (Wildman–Crippen MR) is 97.3 cm³/mol. The Labute approximate surface area is 172 Å². The van der Waals surface area contributed by atoms with Crippen LogP contribution in [0.3, 0.4) is 0 Å². The normalized spacial score (nSPS) is 17.9. The van der Waals surface area contributed by atoms with E-state index in [1.54, 1.807) is 0 Å². The summed E-state index contributed by atoms with van der Waals surface area (Å²) in [5.74, 6) is -0.690. The summed E-state index contributed by atoms with van der Waals surface area (Å²) in [5, 5.41) is 7.91. The maximum atomic E-state index is 13.1. The molecule has 4 rings (SSSR count). The predicted octanol–water partition coefficient (Wildman–Crippen LogP) is 4.79. The molecule has 164 valence electrons. The van der Waals surface area contributed by atoms with Crippen LogP contribution >= 0.6 is 0 Å². The Morgan fingerprint density at radius 1 is 0.968 bits per heavy atom. The number of halogens is 6. The van der Waals surface area contributed by atoms with Crippen LogP contribution in [0.5, 0.6) is 0 Å². The smallest absolute Gasteiger partial charge is 0.338 e. The molecule has 1 atom stereocenters. The number of aromatic nitrogens is 3. The first-order chi connectivity index (χ1) is 14.5. The average Bonchev–Trinajstić information content (AvgIpc) is 3.15. The summed E-state index contributed by atoms with van der Waals surface area (Å²) < 4.78 is 79.4. The van der Waals surface area contributed by atoms with E-state index in [1.807, 2.05) is 0 Å². The third-order valence-electron chi connectivity index (χ3n) is 5.27. The molecule has 1 aliphatic heterocycles. The van der Waals surface area contributed by atoms with Crippen molar-refractivity contribution >= 4 is 11.6 Å². The minimum absolute atomic E-state index is 0.0964. The highest BCUT2D eigenvalue weighted by molar-refractivity contribution is 5.94. The second-order valence-corrected chi connectivity index (χ2v) is 7.37. The molecule has 0 radical (unpaired) electrons. The average molecular weight is 442 g/mol. The van der Waals surface area contributed by atoms with Crippen LogP contribution in [0.4, 0.5) is 26.3 Å². The Hall–Kier alpha value is -3.11. The monoisotopic (exact) mass is 442 g/mol. The molecule has 0 spiro atoms. The van der Waals surface area contributed by atoms with E-state index in [2.05, 4.69) is 10.2 Å². The number of hydrogen-bond acceptors (Lipinski definition) is 3. The Balaban J connectivity index is 1.60. The summed E-state index contributed by atoms with van der Waals surface area (Å²) in [4.78, 5) is 14.2. The minimum atomic E-state index is -4.57. The minimum Gasteiger partial charge on any atom is -0.338 e. The molecule has 1 amide bonds. The van der Waals surface area contributed by atoms with Crippen LogP contribution in [0.2, 0.25) is 0 Å². The first kappa shape index (κ1) is 21.1. The van der Waals surface area contributed by atoms with Crippen LogP contribution in [0.15, 0.2) is 42.6 Å². The zero-order chi connectivity index (χ0) is 22.4. The Kier molecular flexibility index (Phi) is 5.14. The topological polar surface area (TPSA) is 50.5 Å². The van der Waals surface area contributed by atoms with E-state index in [0.717, 1.165) is 24.4 Å². The third-order valence-corrected chi connectivity index (χ3v) is 5.27. The second-order valence-electron chi connectivity index (χ2n) is 7.37. The van der Waals surface area contributed by atoms with Crippen molar-refractivity contribution in [3.63, 3.8) is 0 Å². The molecule has 31 heavy (non-hydrogen) atoms. The van der Waals surface area contributed by atoms with E-state index in [9.17, 15) is 31.1 Å². The summed E-state index contributed by atoms with van der Waals surface area (Å²) in [6, 6.07) is 6.29. The molecule has 11 heteroatoms. The molecule has 1 fully saturated rings. The molecule has 0 N–H and O–H groups in total. The molecule has 0 bridgehead atoms. The fraction of sp³-hybridized carbons (Fsp3) is 0.350. The molecule has 5 nitrogen and oxygen atoms in total. The van der Waals surface area contributed by atoms with Crippen molar-refractivity contribution in [2.45, 2.75) is 31.1 Å². The number of carbonyl (C=O) groups is 1. The SMILES string of the molecule is O=C(c1cccc(C(F)(F)F)c1)N1CCCC(c2nnc3ccc(C(F)(F)F)cn23)C1. The van der Waals surface area contributed by atoms with E-state index in [4.69, 9.17) is 0 Å². The molecule has 1 aliphatic rings. The summed E-state index contributed by atoms with van der Waals surface area (Å²) >= 11 is 0. The lowest BCUT2D eigenvalue weighted by Crippen LogP contribution is -2.39. The standard InChI is InChI=1S/C20H16F6N4O/c21-19(22,23)14-5-1-3-12(9-14)18(31)29-8-2-4-13(10-29)17-28-27-16-7-6-15(11-30(16)17)20(24,25)26/h1,3,5-7,9,11,13H,2,4,8,10H2. The molecular weight excluding hydrogens is 426 g/mol. The summed E-state index contributed by atoms with van der Waals surface area (Å²) in [5.41, 5.74) is -1.63. The van der Waals surface area contributed by atoms with Crippen molar-refractivity contribution < 1.29 is 31.1 Å². The maximum absolute atomic E-state index is 13.1. The first-order valence-corrected chi connectivity index (χ1v) is 9.42. The van der Waals surface area contributed by atoms with Gasteiger partial charge in [0.1, 0.15) is 5.82 Å². The van der Waals surface area contributed by atoms with Gasteiger partial charge in [-0.05, 0) is 43.2 Å². The zero-order valence-electron chi connectivity index (χ0n) is 15.9. The summed E-state index contributed by atoms with van der Waals surface area (Å²) in [6.07, 6.45) is -7.10. The number of amides is 1. The number of alkyl halides is 6. The van der Waals surface area contributed by atoms with Gasteiger partial charge in [-0.2, -0.15) is 26.3 Å². The molecule has 1 saturated heterocycles. The van der Waals surface area contributed by atoms with E-state index < -0.39 is 35.3 Å². The van der Waals surface area contributed by atoms with Crippen LogP contribution in [0, 0.1) is 0 Å².